The normalized spacial score (nSPS) is 22.6. The molecule has 2 N–H and O–H groups in total. The number of nitrogens with zero attached hydrogens (tertiary/aromatic N) is 4. The fraction of sp³-hybridized carbons (Fsp3) is 0. The van der Waals surface area contributed by atoms with Crippen LogP contribution in [0.4, 0.5) is 0 Å². The highest BCUT2D eigenvalue weighted by molar-refractivity contribution is 6.03. The lowest BCUT2D eigenvalue weighted by Gasteiger charge is -2.23. The van der Waals surface area contributed by atoms with Gasteiger partial charge in [-0.3, -0.25) is 4.84 Å². The number of para-hydroxylation sites is 1. The Morgan fingerprint density at radius 3 is 2.73 bits per heavy atom. The van der Waals surface area contributed by atoms with E-state index in [0.29, 0.717) is 29.0 Å². The van der Waals surface area contributed by atoms with E-state index in [9.17, 15) is 0 Å². The number of rotatable bonds is 3. The number of furan rings is 1. The first-order valence-electron chi connectivity index (χ1n) is 6.64. The smallest absolute Gasteiger partial charge is 0.310 e. The molecule has 7 nitrogen and oxygen atoms in total. The second-order valence-corrected chi connectivity index (χ2v) is 4.71. The van der Waals surface area contributed by atoms with Crippen molar-refractivity contribution in [3.63, 3.8) is 0 Å². The number of amidine groups is 2. The summed E-state index contributed by atoms with van der Waals surface area (Å²) in [6.45, 7) is 0. The Labute approximate surface area is 125 Å². The highest BCUT2D eigenvalue weighted by Gasteiger charge is 2.45. The van der Waals surface area contributed by atoms with Crippen molar-refractivity contribution in [2.45, 2.75) is 0 Å². The highest BCUT2D eigenvalue weighted by atomic mass is 16.8. The van der Waals surface area contributed by atoms with Crippen molar-refractivity contribution in [3.8, 4) is 5.75 Å². The number of hydroxylamine groups is 2. The number of hydrogen-bond acceptors (Lipinski definition) is 6. The van der Waals surface area contributed by atoms with Gasteiger partial charge in [0, 0.05) is 0 Å². The third-order valence-electron chi connectivity index (χ3n) is 3.16. The van der Waals surface area contributed by atoms with E-state index in [1.54, 1.807) is 24.5 Å². The van der Waals surface area contributed by atoms with Gasteiger partial charge in [0.15, 0.2) is 17.3 Å². The maximum atomic E-state index is 5.92. The number of hydrogen-bond donors (Lipinski definition) is 1. The third-order valence-corrected chi connectivity index (χ3v) is 3.16. The molecule has 0 saturated heterocycles. The molecular formula is C15H12N5O2+. The number of nitrogens with two attached hydrogens (primary N) is 1. The largest absolute Gasteiger partial charge is 0.461 e. The molecule has 1 unspecified atom stereocenters. The van der Waals surface area contributed by atoms with E-state index in [-0.39, 0.29) is 4.76 Å². The SMILES string of the molecule is NC1=N[N+]2(Oc3ccccc3)C=NC(c3ccco3)=NC2=C1. The maximum absolute atomic E-state index is 5.92. The Morgan fingerprint density at radius 1 is 1.09 bits per heavy atom. The molecule has 0 fully saturated rings. The Bertz CT molecular complexity index is 821. The van der Waals surface area contributed by atoms with Crippen LogP contribution >= 0.6 is 0 Å². The van der Waals surface area contributed by atoms with Crippen LogP contribution in [0.2, 0.25) is 0 Å². The monoisotopic (exact) mass is 294 g/mol. The number of fused-ring (bicyclic) bond motifs is 1. The van der Waals surface area contributed by atoms with E-state index in [4.69, 9.17) is 15.0 Å². The molecule has 1 aromatic heterocycles. The van der Waals surface area contributed by atoms with Gasteiger partial charge in [0.2, 0.25) is 5.84 Å². The van der Waals surface area contributed by atoms with Crippen LogP contribution in [0, 0.1) is 0 Å². The average Bonchev–Trinajstić information content (AvgIpc) is 3.14. The zero-order valence-electron chi connectivity index (χ0n) is 11.5. The van der Waals surface area contributed by atoms with E-state index < -0.39 is 0 Å². The fourth-order valence-electron chi connectivity index (χ4n) is 2.19. The average molecular weight is 294 g/mol. The standard InChI is InChI=1S/C15H12N5O2/c16-13-9-14-18-15(12-7-4-8-21-12)17-10-20(14,19-13)22-11-5-2-1-3-6-11/h1-10H,(H2,16,19)/q+1. The molecule has 3 heterocycles. The van der Waals surface area contributed by atoms with Gasteiger partial charge in [-0.05, 0) is 29.4 Å². The number of quaternary nitrogens is 1. The Morgan fingerprint density at radius 2 is 1.95 bits per heavy atom. The first-order valence-corrected chi connectivity index (χ1v) is 6.64. The van der Waals surface area contributed by atoms with Crippen LogP contribution in [0.25, 0.3) is 0 Å². The number of benzene rings is 1. The first kappa shape index (κ1) is 12.5. The highest BCUT2D eigenvalue weighted by Crippen LogP contribution is 2.29. The van der Waals surface area contributed by atoms with E-state index in [2.05, 4.69) is 15.1 Å². The molecule has 1 aromatic carbocycles. The van der Waals surface area contributed by atoms with Crippen molar-refractivity contribution in [1.82, 2.24) is 0 Å². The topological polar surface area (TPSA) is 85.5 Å². The molecule has 0 radical (unpaired) electrons. The van der Waals surface area contributed by atoms with Gasteiger partial charge in [0.1, 0.15) is 0 Å². The van der Waals surface area contributed by atoms with Crippen molar-refractivity contribution in [1.29, 1.82) is 0 Å². The first-order chi connectivity index (χ1) is 10.8. The molecule has 0 saturated carbocycles. The molecule has 2 aromatic rings. The van der Waals surface area contributed by atoms with Gasteiger partial charge in [-0.2, -0.15) is 9.98 Å². The van der Waals surface area contributed by atoms with E-state index >= 15 is 0 Å². The molecule has 108 valence electrons. The molecule has 22 heavy (non-hydrogen) atoms. The van der Waals surface area contributed by atoms with Crippen LogP contribution in [0.15, 0.2) is 80.1 Å². The lowest BCUT2D eigenvalue weighted by Crippen LogP contribution is -2.44. The Balaban J connectivity index is 1.72. The van der Waals surface area contributed by atoms with Crippen LogP contribution in [0.1, 0.15) is 5.76 Å². The van der Waals surface area contributed by atoms with Crippen LogP contribution in [-0.2, 0) is 0 Å². The van der Waals surface area contributed by atoms with Gasteiger partial charge >= 0.3 is 5.82 Å². The summed E-state index contributed by atoms with van der Waals surface area (Å²) in [6, 6.07) is 12.9. The molecule has 4 rings (SSSR count). The van der Waals surface area contributed by atoms with Crippen molar-refractivity contribution in [2.75, 3.05) is 0 Å². The van der Waals surface area contributed by atoms with E-state index in [0.717, 1.165) is 0 Å². The van der Waals surface area contributed by atoms with Gasteiger partial charge in [-0.15, -0.1) is 0 Å². The lowest BCUT2D eigenvalue weighted by atomic mass is 10.3. The quantitative estimate of drug-likeness (QED) is 0.878. The van der Waals surface area contributed by atoms with Crippen LogP contribution in [-0.4, -0.2) is 22.8 Å². The Kier molecular flexibility index (Phi) is 2.67. The van der Waals surface area contributed by atoms with Gasteiger partial charge in [0.05, 0.1) is 17.1 Å². The van der Waals surface area contributed by atoms with Crippen LogP contribution in [0.5, 0.6) is 5.75 Å². The predicted molar refractivity (Wildman–Crippen MR) is 80.8 cm³/mol. The third kappa shape index (κ3) is 2.00. The molecule has 0 spiro atoms. The van der Waals surface area contributed by atoms with Crippen molar-refractivity contribution in [2.24, 2.45) is 20.8 Å². The molecule has 7 heteroatoms. The zero-order valence-corrected chi connectivity index (χ0v) is 11.5. The fourth-order valence-corrected chi connectivity index (χ4v) is 2.19. The van der Waals surface area contributed by atoms with E-state index in [1.165, 1.54) is 6.34 Å². The van der Waals surface area contributed by atoms with Crippen molar-refractivity contribution >= 4 is 18.0 Å². The van der Waals surface area contributed by atoms with Gasteiger partial charge in [-0.25, -0.2) is 0 Å². The second kappa shape index (κ2) is 4.68. The molecule has 1 atom stereocenters. The summed E-state index contributed by atoms with van der Waals surface area (Å²) in [4.78, 5) is 14.7. The molecule has 2 aliphatic rings. The Hall–Kier alpha value is -3.19. The van der Waals surface area contributed by atoms with Crippen LogP contribution in [0.3, 0.4) is 0 Å². The van der Waals surface area contributed by atoms with E-state index in [1.807, 2.05) is 30.3 Å². The molecule has 2 aliphatic heterocycles. The van der Waals surface area contributed by atoms with Gasteiger partial charge < -0.3 is 10.2 Å². The second-order valence-electron chi connectivity index (χ2n) is 4.71. The zero-order chi connectivity index (χ0) is 15.0. The molecule has 0 amide bonds. The summed E-state index contributed by atoms with van der Waals surface area (Å²) in [6.07, 6.45) is 4.75. The summed E-state index contributed by atoms with van der Waals surface area (Å²) in [5, 5.41) is 4.28. The van der Waals surface area contributed by atoms with Crippen molar-refractivity contribution in [3.05, 3.63) is 66.4 Å². The summed E-state index contributed by atoms with van der Waals surface area (Å²) in [5.74, 6) is 2.49. The minimum Gasteiger partial charge on any atom is -0.461 e. The summed E-state index contributed by atoms with van der Waals surface area (Å²) in [5.41, 5.74) is 5.82. The van der Waals surface area contributed by atoms with Gasteiger partial charge in [-0.1, -0.05) is 18.2 Å². The minimum absolute atomic E-state index is 0.321. The minimum atomic E-state index is -0.347. The lowest BCUT2D eigenvalue weighted by molar-refractivity contribution is -0.973. The molecular weight excluding hydrogens is 282 g/mol. The van der Waals surface area contributed by atoms with Gasteiger partial charge in [0.25, 0.3) is 6.34 Å². The summed E-state index contributed by atoms with van der Waals surface area (Å²) < 4.78 is 4.96. The molecule has 0 bridgehead atoms. The summed E-state index contributed by atoms with van der Waals surface area (Å²) in [7, 11) is 0. The predicted octanol–water partition coefficient (Wildman–Crippen LogP) is 2.01. The van der Waals surface area contributed by atoms with Crippen molar-refractivity contribution < 1.29 is 14.0 Å². The van der Waals surface area contributed by atoms with Crippen LogP contribution < -0.4 is 10.6 Å². The number of aliphatic imine (C=N–C) groups is 2. The molecule has 0 aliphatic carbocycles. The maximum Gasteiger partial charge on any atom is 0.310 e. The summed E-state index contributed by atoms with van der Waals surface area (Å²) >= 11 is 0.